The van der Waals surface area contributed by atoms with Crippen LogP contribution in [0.5, 0.6) is 5.75 Å². The summed E-state index contributed by atoms with van der Waals surface area (Å²) >= 11 is 0. The summed E-state index contributed by atoms with van der Waals surface area (Å²) in [5.41, 5.74) is 1.26. The maximum absolute atomic E-state index is 5.81. The molecule has 4 heteroatoms. The number of ether oxygens (including phenoxy) is 1. The Morgan fingerprint density at radius 1 is 1.40 bits per heavy atom. The molecule has 1 aromatic heterocycles. The Kier molecular flexibility index (Phi) is 5.62. The number of aryl methyl sites for hydroxylation is 1. The summed E-state index contributed by atoms with van der Waals surface area (Å²) in [4.78, 5) is 4.02. The van der Waals surface area contributed by atoms with Crippen LogP contribution in [0.3, 0.4) is 0 Å². The number of nitrogens with one attached hydrogen (secondary N) is 1. The Bertz CT molecular complexity index is 496. The molecule has 4 nitrogen and oxygen atoms in total. The van der Waals surface area contributed by atoms with Crippen LogP contribution in [0, 0.1) is 0 Å². The lowest BCUT2D eigenvalue weighted by molar-refractivity contribution is 0.301. The van der Waals surface area contributed by atoms with Gasteiger partial charge < -0.3 is 14.6 Å². The van der Waals surface area contributed by atoms with E-state index in [-0.39, 0.29) is 0 Å². The third kappa shape index (κ3) is 4.38. The van der Waals surface area contributed by atoms with Crippen molar-refractivity contribution in [1.29, 1.82) is 0 Å². The van der Waals surface area contributed by atoms with E-state index >= 15 is 0 Å². The minimum absolute atomic E-state index is 0.356. The first kappa shape index (κ1) is 14.6. The number of hydrogen-bond donors (Lipinski definition) is 1. The molecule has 0 amide bonds. The van der Waals surface area contributed by atoms with Gasteiger partial charge in [-0.2, -0.15) is 0 Å². The third-order valence-corrected chi connectivity index (χ3v) is 3.26. The molecule has 0 saturated heterocycles. The Morgan fingerprint density at radius 3 is 3.05 bits per heavy atom. The fourth-order valence-corrected chi connectivity index (χ4v) is 2.15. The van der Waals surface area contributed by atoms with Crippen LogP contribution in [-0.2, 0) is 6.54 Å². The van der Waals surface area contributed by atoms with Gasteiger partial charge in [-0.25, -0.2) is 4.98 Å². The monoisotopic (exact) mass is 273 g/mol. The first-order chi connectivity index (χ1) is 9.79. The van der Waals surface area contributed by atoms with Gasteiger partial charge in [0.15, 0.2) is 0 Å². The summed E-state index contributed by atoms with van der Waals surface area (Å²) < 4.78 is 7.87. The summed E-state index contributed by atoms with van der Waals surface area (Å²) in [5, 5.41) is 3.41. The van der Waals surface area contributed by atoms with E-state index in [1.54, 1.807) is 6.20 Å². The normalized spacial score (nSPS) is 12.3. The van der Waals surface area contributed by atoms with E-state index < -0.39 is 0 Å². The van der Waals surface area contributed by atoms with Gasteiger partial charge in [0.2, 0.25) is 0 Å². The molecule has 0 aliphatic rings. The zero-order valence-electron chi connectivity index (χ0n) is 12.2. The molecule has 1 N–H and O–H groups in total. The van der Waals surface area contributed by atoms with Crippen LogP contribution in [0.2, 0.25) is 0 Å². The van der Waals surface area contributed by atoms with Gasteiger partial charge in [0, 0.05) is 25.0 Å². The van der Waals surface area contributed by atoms with Crippen LogP contribution in [0.4, 0.5) is 0 Å². The molecule has 0 bridgehead atoms. The van der Waals surface area contributed by atoms with Crippen LogP contribution < -0.4 is 10.1 Å². The zero-order valence-corrected chi connectivity index (χ0v) is 12.2. The molecule has 0 aliphatic carbocycles. The fraction of sp³-hybridized carbons (Fsp3) is 0.438. The fourth-order valence-electron chi connectivity index (χ4n) is 2.15. The van der Waals surface area contributed by atoms with Crippen LogP contribution >= 0.6 is 0 Å². The average Bonchev–Trinajstić information content (AvgIpc) is 2.97. The van der Waals surface area contributed by atoms with E-state index in [4.69, 9.17) is 4.74 Å². The second kappa shape index (κ2) is 7.70. The number of nitrogens with zero attached hydrogens (tertiary/aromatic N) is 2. The second-order valence-electron chi connectivity index (χ2n) is 4.85. The molecule has 0 spiro atoms. The van der Waals surface area contributed by atoms with Crippen molar-refractivity contribution in [2.75, 3.05) is 13.2 Å². The maximum atomic E-state index is 5.81. The van der Waals surface area contributed by atoms with Gasteiger partial charge in [0.05, 0.1) is 12.9 Å². The quantitative estimate of drug-likeness (QED) is 0.751. The van der Waals surface area contributed by atoms with Crippen molar-refractivity contribution < 1.29 is 4.74 Å². The molecule has 20 heavy (non-hydrogen) atoms. The van der Waals surface area contributed by atoms with Crippen molar-refractivity contribution in [1.82, 2.24) is 14.9 Å². The predicted octanol–water partition coefficient (Wildman–Crippen LogP) is 3.02. The summed E-state index contributed by atoms with van der Waals surface area (Å²) in [6.45, 7) is 6.91. The minimum Gasteiger partial charge on any atom is -0.494 e. The molecule has 1 aromatic carbocycles. The molecule has 1 atom stereocenters. The molecule has 2 aromatic rings. The standard InChI is InChI=1S/C16H23N3O/c1-3-18-14(2)15-6-4-7-16(12-15)20-11-5-9-19-10-8-17-13-19/h4,6-8,10,12-14,18H,3,5,9,11H2,1-2H3. The van der Waals surface area contributed by atoms with Gasteiger partial charge in [-0.1, -0.05) is 19.1 Å². The van der Waals surface area contributed by atoms with Crippen molar-refractivity contribution >= 4 is 0 Å². The summed E-state index contributed by atoms with van der Waals surface area (Å²) in [6.07, 6.45) is 6.58. The summed E-state index contributed by atoms with van der Waals surface area (Å²) in [6, 6.07) is 8.67. The Morgan fingerprint density at radius 2 is 2.30 bits per heavy atom. The number of imidazole rings is 1. The highest BCUT2D eigenvalue weighted by molar-refractivity contribution is 5.30. The van der Waals surface area contributed by atoms with Crippen LogP contribution in [0.15, 0.2) is 43.0 Å². The first-order valence-corrected chi connectivity index (χ1v) is 7.21. The topological polar surface area (TPSA) is 39.1 Å². The highest BCUT2D eigenvalue weighted by Crippen LogP contribution is 2.19. The van der Waals surface area contributed by atoms with E-state index in [1.807, 2.05) is 24.7 Å². The smallest absolute Gasteiger partial charge is 0.119 e. The Labute approximate surface area is 120 Å². The molecule has 2 rings (SSSR count). The van der Waals surface area contributed by atoms with Crippen molar-refractivity contribution in [2.24, 2.45) is 0 Å². The first-order valence-electron chi connectivity index (χ1n) is 7.21. The number of aromatic nitrogens is 2. The van der Waals surface area contributed by atoms with Gasteiger partial charge in [-0.05, 0) is 37.6 Å². The highest BCUT2D eigenvalue weighted by Gasteiger charge is 2.04. The second-order valence-corrected chi connectivity index (χ2v) is 4.85. The molecule has 0 saturated carbocycles. The molecule has 1 heterocycles. The lowest BCUT2D eigenvalue weighted by Crippen LogP contribution is -2.17. The highest BCUT2D eigenvalue weighted by atomic mass is 16.5. The summed E-state index contributed by atoms with van der Waals surface area (Å²) in [5.74, 6) is 0.942. The van der Waals surface area contributed by atoms with Gasteiger partial charge >= 0.3 is 0 Å². The van der Waals surface area contributed by atoms with Gasteiger partial charge in [-0.15, -0.1) is 0 Å². The van der Waals surface area contributed by atoms with E-state index in [1.165, 1.54) is 5.56 Å². The lowest BCUT2D eigenvalue weighted by Gasteiger charge is -2.14. The molecule has 1 unspecified atom stereocenters. The van der Waals surface area contributed by atoms with Crippen LogP contribution in [-0.4, -0.2) is 22.7 Å². The SMILES string of the molecule is CCNC(C)c1cccc(OCCCn2ccnc2)c1. The van der Waals surface area contributed by atoms with Crippen molar-refractivity contribution in [3.8, 4) is 5.75 Å². The van der Waals surface area contributed by atoms with Crippen LogP contribution in [0.25, 0.3) is 0 Å². The molecule has 108 valence electrons. The largest absolute Gasteiger partial charge is 0.494 e. The van der Waals surface area contributed by atoms with Crippen molar-refractivity contribution in [3.63, 3.8) is 0 Å². The Hall–Kier alpha value is -1.81. The third-order valence-electron chi connectivity index (χ3n) is 3.26. The number of benzene rings is 1. The van der Waals surface area contributed by atoms with Gasteiger partial charge in [-0.3, -0.25) is 0 Å². The molecule has 0 aliphatic heterocycles. The minimum atomic E-state index is 0.356. The molecule has 0 fully saturated rings. The van der Waals surface area contributed by atoms with E-state index in [0.29, 0.717) is 6.04 Å². The van der Waals surface area contributed by atoms with E-state index in [2.05, 4.69) is 40.8 Å². The van der Waals surface area contributed by atoms with Crippen LogP contribution in [0.1, 0.15) is 31.9 Å². The average molecular weight is 273 g/mol. The van der Waals surface area contributed by atoms with Gasteiger partial charge in [0.1, 0.15) is 5.75 Å². The lowest BCUT2D eigenvalue weighted by atomic mass is 10.1. The maximum Gasteiger partial charge on any atom is 0.119 e. The Balaban J connectivity index is 1.79. The van der Waals surface area contributed by atoms with Crippen molar-refractivity contribution in [2.45, 2.75) is 32.9 Å². The van der Waals surface area contributed by atoms with Gasteiger partial charge in [0.25, 0.3) is 0 Å². The number of hydrogen-bond acceptors (Lipinski definition) is 3. The summed E-state index contributed by atoms with van der Waals surface area (Å²) in [7, 11) is 0. The molecular formula is C16H23N3O. The van der Waals surface area contributed by atoms with E-state index in [9.17, 15) is 0 Å². The zero-order chi connectivity index (χ0) is 14.2. The van der Waals surface area contributed by atoms with Crippen molar-refractivity contribution in [3.05, 3.63) is 48.5 Å². The van der Waals surface area contributed by atoms with E-state index in [0.717, 1.165) is 31.9 Å². The number of rotatable bonds is 8. The molecular weight excluding hydrogens is 250 g/mol. The predicted molar refractivity (Wildman–Crippen MR) is 80.9 cm³/mol. The molecule has 0 radical (unpaired) electrons.